The lowest BCUT2D eigenvalue weighted by Crippen LogP contribution is -2.29. The number of anilines is 1. The van der Waals surface area contributed by atoms with Gasteiger partial charge in [-0.15, -0.1) is 11.3 Å². The van der Waals surface area contributed by atoms with Gasteiger partial charge < -0.3 is 14.7 Å². The largest absolute Gasteiger partial charge is 0.369 e. The quantitative estimate of drug-likeness (QED) is 0.529. The van der Waals surface area contributed by atoms with Crippen molar-refractivity contribution in [2.45, 2.75) is 52.0 Å². The Kier molecular flexibility index (Phi) is 6.13. The molecule has 3 aromatic heterocycles. The molecule has 1 N–H and O–H groups in total. The Bertz CT molecular complexity index is 1060. The van der Waals surface area contributed by atoms with Gasteiger partial charge in [0, 0.05) is 19.7 Å². The number of rotatable bonds is 7. The van der Waals surface area contributed by atoms with Crippen LogP contribution in [0.15, 0.2) is 34.8 Å². The third-order valence-electron chi connectivity index (χ3n) is 5.83. The molecule has 1 aliphatic rings. The topological polar surface area (TPSA) is 84.2 Å². The summed E-state index contributed by atoms with van der Waals surface area (Å²) < 4.78 is 4.92. The van der Waals surface area contributed by atoms with Crippen molar-refractivity contribution >= 4 is 33.3 Å². The van der Waals surface area contributed by atoms with Crippen LogP contribution in [-0.4, -0.2) is 39.5 Å². The third kappa shape index (κ3) is 4.09. The predicted molar refractivity (Wildman–Crippen MR) is 119 cm³/mol. The minimum atomic E-state index is -0.187. The number of amides is 1. The summed E-state index contributed by atoms with van der Waals surface area (Å²) in [5.74, 6) is 0.751. The zero-order valence-electron chi connectivity index (χ0n) is 17.6. The van der Waals surface area contributed by atoms with Crippen LogP contribution in [0.4, 0.5) is 5.82 Å². The fraction of sp³-hybridized carbons (Fsp3) is 0.455. The van der Waals surface area contributed by atoms with Gasteiger partial charge in [0.2, 0.25) is 0 Å². The Morgan fingerprint density at radius 2 is 2.23 bits per heavy atom. The van der Waals surface area contributed by atoms with E-state index in [4.69, 9.17) is 4.52 Å². The van der Waals surface area contributed by atoms with E-state index in [0.717, 1.165) is 40.3 Å². The highest BCUT2D eigenvalue weighted by atomic mass is 32.1. The van der Waals surface area contributed by atoms with Crippen molar-refractivity contribution in [3.63, 3.8) is 0 Å². The summed E-state index contributed by atoms with van der Waals surface area (Å²) in [6.07, 6.45) is 11.5. The van der Waals surface area contributed by atoms with Crippen molar-refractivity contribution in [3.05, 3.63) is 46.4 Å². The number of thiophene rings is 1. The number of aryl methyl sites for hydroxylation is 1. The first-order valence-electron chi connectivity index (χ1n) is 10.4. The lowest BCUT2D eigenvalue weighted by atomic mass is 9.97. The molecule has 1 aliphatic carbocycles. The number of allylic oxidation sites excluding steroid dienone is 1. The van der Waals surface area contributed by atoms with Crippen molar-refractivity contribution in [2.24, 2.45) is 0 Å². The van der Waals surface area contributed by atoms with E-state index in [9.17, 15) is 4.79 Å². The van der Waals surface area contributed by atoms with Crippen LogP contribution in [0.2, 0.25) is 0 Å². The molecule has 0 radical (unpaired) electrons. The summed E-state index contributed by atoms with van der Waals surface area (Å²) in [5.41, 5.74) is 3.17. The molecule has 158 valence electrons. The van der Waals surface area contributed by atoms with Crippen LogP contribution < -0.4 is 5.32 Å². The van der Waals surface area contributed by atoms with Gasteiger partial charge in [-0.25, -0.2) is 9.97 Å². The molecule has 1 atom stereocenters. The molecule has 1 amide bonds. The number of carbonyl (C=O) groups is 1. The standard InChI is InChI=1S/C22H27N5O2S/c1-14-18-20(23-11-9-16-7-5-4-6-8-16)24-13-25-21(18)30-19(14)22(28)27(3)15(2)17-10-12-29-26-17/h7,10,12-13,15H,4-6,8-9,11H2,1-3H3,(H,23,24,25)/t15-/m0/s1. The Morgan fingerprint density at radius 1 is 1.37 bits per heavy atom. The summed E-state index contributed by atoms with van der Waals surface area (Å²) in [7, 11) is 1.79. The molecule has 30 heavy (non-hydrogen) atoms. The fourth-order valence-corrected chi connectivity index (χ4v) is 4.99. The van der Waals surface area contributed by atoms with Crippen molar-refractivity contribution in [1.82, 2.24) is 20.0 Å². The van der Waals surface area contributed by atoms with Gasteiger partial charge in [0.1, 0.15) is 28.9 Å². The van der Waals surface area contributed by atoms with Crippen LogP contribution >= 0.6 is 11.3 Å². The molecular weight excluding hydrogens is 398 g/mol. The van der Waals surface area contributed by atoms with Gasteiger partial charge in [0.25, 0.3) is 5.91 Å². The lowest BCUT2D eigenvalue weighted by Gasteiger charge is -2.22. The van der Waals surface area contributed by atoms with E-state index in [1.54, 1.807) is 24.3 Å². The van der Waals surface area contributed by atoms with Crippen LogP contribution in [0.3, 0.4) is 0 Å². The number of carbonyl (C=O) groups excluding carboxylic acids is 1. The lowest BCUT2D eigenvalue weighted by molar-refractivity contribution is 0.0742. The van der Waals surface area contributed by atoms with Crippen molar-refractivity contribution in [1.29, 1.82) is 0 Å². The second kappa shape index (κ2) is 8.95. The highest BCUT2D eigenvalue weighted by Gasteiger charge is 2.26. The van der Waals surface area contributed by atoms with Gasteiger partial charge in [-0.1, -0.05) is 16.8 Å². The van der Waals surface area contributed by atoms with Crippen molar-refractivity contribution < 1.29 is 9.32 Å². The first-order chi connectivity index (χ1) is 14.6. The highest BCUT2D eigenvalue weighted by molar-refractivity contribution is 7.20. The SMILES string of the molecule is Cc1c(C(=O)N(C)[C@@H](C)c2ccon2)sc2ncnc(NCCC3=CCCCC3)c12. The molecule has 0 spiro atoms. The Labute approximate surface area is 180 Å². The Balaban J connectivity index is 1.54. The van der Waals surface area contributed by atoms with Crippen molar-refractivity contribution in [3.8, 4) is 0 Å². The first kappa shape index (κ1) is 20.5. The Hall–Kier alpha value is -2.74. The molecular formula is C22H27N5O2S. The van der Waals surface area contributed by atoms with Crippen LogP contribution in [0, 0.1) is 6.92 Å². The number of hydrogen-bond donors (Lipinski definition) is 1. The average molecular weight is 426 g/mol. The van der Waals surface area contributed by atoms with E-state index in [1.807, 2.05) is 13.8 Å². The van der Waals surface area contributed by atoms with Gasteiger partial charge in [-0.05, 0) is 51.5 Å². The third-order valence-corrected chi connectivity index (χ3v) is 7.02. The minimum absolute atomic E-state index is 0.0516. The second-order valence-corrected chi connectivity index (χ2v) is 8.76. The molecule has 0 saturated heterocycles. The van der Waals surface area contributed by atoms with E-state index in [0.29, 0.717) is 4.88 Å². The number of nitrogens with one attached hydrogen (secondary N) is 1. The number of nitrogens with zero attached hydrogens (tertiary/aromatic N) is 4. The predicted octanol–water partition coefficient (Wildman–Crippen LogP) is 5.12. The summed E-state index contributed by atoms with van der Waals surface area (Å²) >= 11 is 1.41. The minimum Gasteiger partial charge on any atom is -0.369 e. The zero-order chi connectivity index (χ0) is 21.1. The first-order valence-corrected chi connectivity index (χ1v) is 11.2. The summed E-state index contributed by atoms with van der Waals surface area (Å²) in [6, 6.07) is 1.59. The molecule has 0 aromatic carbocycles. The van der Waals surface area contributed by atoms with Crippen molar-refractivity contribution in [2.75, 3.05) is 18.9 Å². The molecule has 4 rings (SSSR count). The molecule has 7 nitrogen and oxygen atoms in total. The number of fused-ring (bicyclic) bond motifs is 1. The van der Waals surface area contributed by atoms with Gasteiger partial charge >= 0.3 is 0 Å². The van der Waals surface area contributed by atoms with Crippen LogP contribution in [-0.2, 0) is 0 Å². The molecule has 0 saturated carbocycles. The summed E-state index contributed by atoms with van der Waals surface area (Å²) in [5, 5.41) is 8.37. The maximum atomic E-state index is 13.2. The highest BCUT2D eigenvalue weighted by Crippen LogP contribution is 2.35. The van der Waals surface area contributed by atoms with Crippen LogP contribution in [0.5, 0.6) is 0 Å². The van der Waals surface area contributed by atoms with Crippen LogP contribution in [0.1, 0.15) is 66.0 Å². The summed E-state index contributed by atoms with van der Waals surface area (Å²) in [4.78, 5) is 25.3. The maximum absolute atomic E-state index is 13.2. The number of aromatic nitrogens is 3. The van der Waals surface area contributed by atoms with Gasteiger partial charge in [-0.2, -0.15) is 0 Å². The maximum Gasteiger partial charge on any atom is 0.264 e. The molecule has 0 bridgehead atoms. The van der Waals surface area contributed by atoms with E-state index in [-0.39, 0.29) is 11.9 Å². The van der Waals surface area contributed by atoms with E-state index < -0.39 is 0 Å². The summed E-state index contributed by atoms with van der Waals surface area (Å²) in [6.45, 7) is 4.74. The molecule has 3 heterocycles. The molecule has 3 aromatic rings. The number of hydrogen-bond acceptors (Lipinski definition) is 7. The monoisotopic (exact) mass is 425 g/mol. The average Bonchev–Trinajstić information content (AvgIpc) is 3.42. The molecule has 0 fully saturated rings. The Morgan fingerprint density at radius 3 is 2.97 bits per heavy atom. The second-order valence-electron chi connectivity index (χ2n) is 7.76. The van der Waals surface area contributed by atoms with Crippen LogP contribution in [0.25, 0.3) is 10.2 Å². The zero-order valence-corrected chi connectivity index (χ0v) is 18.5. The van der Waals surface area contributed by atoms with E-state index >= 15 is 0 Å². The molecule has 8 heteroatoms. The molecule has 0 unspecified atom stereocenters. The van der Waals surface area contributed by atoms with E-state index in [2.05, 4.69) is 26.5 Å². The van der Waals surface area contributed by atoms with Gasteiger partial charge in [-0.3, -0.25) is 4.79 Å². The fourth-order valence-electron chi connectivity index (χ4n) is 3.85. The van der Waals surface area contributed by atoms with E-state index in [1.165, 1.54) is 48.9 Å². The smallest absolute Gasteiger partial charge is 0.264 e. The van der Waals surface area contributed by atoms with Gasteiger partial charge in [0.05, 0.1) is 16.3 Å². The van der Waals surface area contributed by atoms with Gasteiger partial charge in [0.15, 0.2) is 0 Å². The normalized spacial score (nSPS) is 15.1. The molecule has 0 aliphatic heterocycles.